The lowest BCUT2D eigenvalue weighted by Gasteiger charge is -2.27. The third kappa shape index (κ3) is 5.65. The molecule has 0 radical (unpaired) electrons. The molecule has 0 saturated carbocycles. The van der Waals surface area contributed by atoms with Gasteiger partial charge < -0.3 is 10.1 Å². The highest BCUT2D eigenvalue weighted by Crippen LogP contribution is 2.18. The van der Waals surface area contributed by atoms with E-state index in [1.165, 1.54) is 12.8 Å². The summed E-state index contributed by atoms with van der Waals surface area (Å²) in [5, 5.41) is 3.37. The largest absolute Gasteiger partial charge is 0.366 e. The van der Waals surface area contributed by atoms with Gasteiger partial charge in [-0.05, 0) is 50.9 Å². The van der Waals surface area contributed by atoms with Gasteiger partial charge in [0.05, 0.1) is 6.10 Å². The van der Waals surface area contributed by atoms with Crippen molar-refractivity contribution in [3.63, 3.8) is 0 Å². The average molecular weight is 280 g/mol. The molecule has 0 spiro atoms. The highest BCUT2D eigenvalue weighted by Gasteiger charge is 2.19. The van der Waals surface area contributed by atoms with E-state index in [-0.39, 0.29) is 12.4 Å². The van der Waals surface area contributed by atoms with Gasteiger partial charge in [-0.3, -0.25) is 0 Å². The first-order valence-electron chi connectivity index (χ1n) is 6.72. The van der Waals surface area contributed by atoms with Gasteiger partial charge in [-0.2, -0.15) is 0 Å². The van der Waals surface area contributed by atoms with Crippen molar-refractivity contribution in [3.8, 4) is 11.8 Å². The van der Waals surface area contributed by atoms with Crippen molar-refractivity contribution in [1.82, 2.24) is 5.32 Å². The Morgan fingerprint density at radius 2 is 1.95 bits per heavy atom. The first-order chi connectivity index (χ1) is 8.86. The van der Waals surface area contributed by atoms with Gasteiger partial charge in [0.15, 0.2) is 0 Å². The van der Waals surface area contributed by atoms with Gasteiger partial charge in [-0.15, -0.1) is 12.4 Å². The molecule has 1 aromatic rings. The summed E-state index contributed by atoms with van der Waals surface area (Å²) in [4.78, 5) is 0. The van der Waals surface area contributed by atoms with Crippen molar-refractivity contribution in [2.45, 2.75) is 25.9 Å². The Balaban J connectivity index is 0.00000180. The SMILES string of the molecule is CC(OCC#Cc1ccccc1)C1CCNCC1.Cl. The normalized spacial score (nSPS) is 16.9. The van der Waals surface area contributed by atoms with Crippen LogP contribution in [-0.4, -0.2) is 25.8 Å². The van der Waals surface area contributed by atoms with Crippen molar-refractivity contribution >= 4 is 12.4 Å². The number of hydrogen-bond acceptors (Lipinski definition) is 2. The highest BCUT2D eigenvalue weighted by atomic mass is 35.5. The summed E-state index contributed by atoms with van der Waals surface area (Å²) in [7, 11) is 0. The summed E-state index contributed by atoms with van der Waals surface area (Å²) in [6, 6.07) is 10.0. The van der Waals surface area contributed by atoms with E-state index in [9.17, 15) is 0 Å². The maximum absolute atomic E-state index is 5.80. The van der Waals surface area contributed by atoms with E-state index in [2.05, 4.69) is 24.1 Å². The van der Waals surface area contributed by atoms with Crippen LogP contribution < -0.4 is 5.32 Å². The van der Waals surface area contributed by atoms with Gasteiger partial charge in [0.25, 0.3) is 0 Å². The topological polar surface area (TPSA) is 21.3 Å². The Morgan fingerprint density at radius 1 is 1.26 bits per heavy atom. The number of piperidine rings is 1. The number of ether oxygens (including phenoxy) is 1. The number of benzene rings is 1. The number of rotatable bonds is 3. The van der Waals surface area contributed by atoms with Gasteiger partial charge in [-0.25, -0.2) is 0 Å². The molecule has 2 nitrogen and oxygen atoms in total. The van der Waals surface area contributed by atoms with Crippen LogP contribution in [0.4, 0.5) is 0 Å². The maximum Gasteiger partial charge on any atom is 0.108 e. The minimum atomic E-state index is 0. The van der Waals surface area contributed by atoms with Crippen molar-refractivity contribution in [2.24, 2.45) is 5.92 Å². The van der Waals surface area contributed by atoms with E-state index in [1.54, 1.807) is 0 Å². The quantitative estimate of drug-likeness (QED) is 0.859. The number of halogens is 1. The lowest BCUT2D eigenvalue weighted by atomic mass is 9.93. The molecule has 1 aromatic carbocycles. The molecule has 0 bridgehead atoms. The molecule has 1 aliphatic heterocycles. The summed E-state index contributed by atoms with van der Waals surface area (Å²) in [6.07, 6.45) is 2.75. The van der Waals surface area contributed by atoms with Gasteiger partial charge in [0.2, 0.25) is 0 Å². The Kier molecular flexibility index (Phi) is 7.59. The first kappa shape index (κ1) is 16.0. The fourth-order valence-corrected chi connectivity index (χ4v) is 2.28. The maximum atomic E-state index is 5.80. The fourth-order valence-electron chi connectivity index (χ4n) is 2.28. The third-order valence-corrected chi connectivity index (χ3v) is 3.47. The summed E-state index contributed by atoms with van der Waals surface area (Å²) >= 11 is 0. The van der Waals surface area contributed by atoms with Gasteiger partial charge in [-0.1, -0.05) is 30.0 Å². The van der Waals surface area contributed by atoms with Crippen LogP contribution in [0.2, 0.25) is 0 Å². The average Bonchev–Trinajstić information content (AvgIpc) is 2.45. The molecule has 1 aliphatic rings. The molecule has 1 saturated heterocycles. The zero-order valence-electron chi connectivity index (χ0n) is 11.4. The minimum Gasteiger partial charge on any atom is -0.366 e. The van der Waals surface area contributed by atoms with Crippen molar-refractivity contribution in [3.05, 3.63) is 35.9 Å². The molecule has 19 heavy (non-hydrogen) atoms. The molecule has 1 unspecified atom stereocenters. The molecule has 1 fully saturated rings. The standard InChI is InChI=1S/C16H21NO.ClH/c1-14(16-9-11-17-12-10-16)18-13-5-8-15-6-3-2-4-7-15;/h2-4,6-7,14,16-17H,9-13H2,1H3;1H. The molecular weight excluding hydrogens is 258 g/mol. The molecule has 1 N–H and O–H groups in total. The Hall–Kier alpha value is -1.01. The Bertz CT molecular complexity index is 404. The van der Waals surface area contributed by atoms with Crippen LogP contribution in [-0.2, 0) is 4.74 Å². The van der Waals surface area contributed by atoms with E-state index in [0.29, 0.717) is 18.6 Å². The Morgan fingerprint density at radius 3 is 2.63 bits per heavy atom. The van der Waals surface area contributed by atoms with Gasteiger partial charge >= 0.3 is 0 Å². The van der Waals surface area contributed by atoms with Crippen LogP contribution in [0.25, 0.3) is 0 Å². The van der Waals surface area contributed by atoms with E-state index in [4.69, 9.17) is 4.74 Å². The van der Waals surface area contributed by atoms with Crippen LogP contribution in [0.3, 0.4) is 0 Å². The van der Waals surface area contributed by atoms with Crippen molar-refractivity contribution in [2.75, 3.05) is 19.7 Å². The lowest BCUT2D eigenvalue weighted by molar-refractivity contribution is 0.0344. The van der Waals surface area contributed by atoms with Crippen LogP contribution in [0.1, 0.15) is 25.3 Å². The van der Waals surface area contributed by atoms with Gasteiger partial charge in [0.1, 0.15) is 6.61 Å². The second-order valence-electron chi connectivity index (χ2n) is 4.77. The lowest BCUT2D eigenvalue weighted by Crippen LogP contribution is -2.34. The predicted octanol–water partition coefficient (Wildman–Crippen LogP) is 2.86. The summed E-state index contributed by atoms with van der Waals surface area (Å²) in [6.45, 7) is 4.93. The molecule has 3 heteroatoms. The zero-order chi connectivity index (χ0) is 12.6. The molecule has 104 valence electrons. The fraction of sp³-hybridized carbons (Fsp3) is 0.500. The van der Waals surface area contributed by atoms with Crippen LogP contribution in [0.15, 0.2) is 30.3 Å². The van der Waals surface area contributed by atoms with Gasteiger partial charge in [0, 0.05) is 5.56 Å². The molecule has 1 heterocycles. The van der Waals surface area contributed by atoms with E-state index < -0.39 is 0 Å². The van der Waals surface area contributed by atoms with E-state index in [1.807, 2.05) is 30.3 Å². The van der Waals surface area contributed by atoms with E-state index >= 15 is 0 Å². The van der Waals surface area contributed by atoms with Crippen LogP contribution in [0, 0.1) is 17.8 Å². The van der Waals surface area contributed by atoms with Crippen molar-refractivity contribution < 1.29 is 4.74 Å². The predicted molar refractivity (Wildman–Crippen MR) is 81.6 cm³/mol. The molecular formula is C16H22ClNO. The second kappa shape index (κ2) is 8.98. The summed E-state index contributed by atoms with van der Waals surface area (Å²) in [5.74, 6) is 6.88. The summed E-state index contributed by atoms with van der Waals surface area (Å²) in [5.41, 5.74) is 1.05. The molecule has 2 rings (SSSR count). The monoisotopic (exact) mass is 279 g/mol. The zero-order valence-corrected chi connectivity index (χ0v) is 12.2. The third-order valence-electron chi connectivity index (χ3n) is 3.47. The number of hydrogen-bond donors (Lipinski definition) is 1. The molecule has 0 aromatic heterocycles. The molecule has 0 amide bonds. The summed E-state index contributed by atoms with van der Waals surface area (Å²) < 4.78 is 5.80. The van der Waals surface area contributed by atoms with E-state index in [0.717, 1.165) is 18.7 Å². The highest BCUT2D eigenvalue weighted by molar-refractivity contribution is 5.85. The smallest absolute Gasteiger partial charge is 0.108 e. The van der Waals surface area contributed by atoms with Crippen molar-refractivity contribution in [1.29, 1.82) is 0 Å². The number of nitrogens with one attached hydrogen (secondary N) is 1. The van der Waals surface area contributed by atoms with Crippen LogP contribution >= 0.6 is 12.4 Å². The van der Waals surface area contributed by atoms with Crippen LogP contribution in [0.5, 0.6) is 0 Å². The Labute approximate surface area is 122 Å². The second-order valence-corrected chi connectivity index (χ2v) is 4.77. The molecule has 0 aliphatic carbocycles. The first-order valence-corrected chi connectivity index (χ1v) is 6.72. The minimum absolute atomic E-state index is 0. The molecule has 1 atom stereocenters.